The van der Waals surface area contributed by atoms with Crippen LogP contribution in [0.3, 0.4) is 0 Å². The third-order valence-electron chi connectivity index (χ3n) is 11.6. The van der Waals surface area contributed by atoms with Gasteiger partial charge in [0.2, 0.25) is 0 Å². The molecule has 0 aromatic heterocycles. The van der Waals surface area contributed by atoms with Gasteiger partial charge in [0.1, 0.15) is 0 Å². The third kappa shape index (κ3) is 22.9. The van der Waals surface area contributed by atoms with Crippen molar-refractivity contribution in [2.45, 2.75) is 215 Å². The number of aliphatic hydroxyl groups is 1. The molecule has 7 heteroatoms. The van der Waals surface area contributed by atoms with Gasteiger partial charge < -0.3 is 20.1 Å². The first-order chi connectivity index (χ1) is 24.6. The van der Waals surface area contributed by atoms with Crippen molar-refractivity contribution in [2.24, 2.45) is 35.0 Å². The molecule has 0 radical (unpaired) electrons. The third-order valence-corrected chi connectivity index (χ3v) is 11.6. The maximum absolute atomic E-state index is 13.5. The van der Waals surface area contributed by atoms with E-state index in [9.17, 15) is 29.7 Å². The topological polar surface area (TPSA) is 121 Å². The number of carboxylic acid groups (broad SMARTS) is 2. The number of ether oxygens (including phenoxy) is 1. The number of aliphatic hydroxyl groups excluding tert-OH is 1. The molecule has 3 N–H and O–H groups in total. The van der Waals surface area contributed by atoms with E-state index in [4.69, 9.17) is 4.74 Å². The van der Waals surface area contributed by atoms with E-state index < -0.39 is 35.8 Å². The summed E-state index contributed by atoms with van der Waals surface area (Å²) in [6, 6.07) is 0. The molecule has 2 atom stereocenters. The van der Waals surface area contributed by atoms with Crippen LogP contribution in [0.1, 0.15) is 215 Å². The molecule has 0 heterocycles. The smallest absolute Gasteiger partial charge is 0.306 e. The summed E-state index contributed by atoms with van der Waals surface area (Å²) in [5, 5.41) is 32.8. The number of carbonyl (C=O) groups is 3. The van der Waals surface area contributed by atoms with Crippen LogP contribution in [0.5, 0.6) is 0 Å². The molecule has 0 aliphatic carbocycles. The summed E-state index contributed by atoms with van der Waals surface area (Å²) in [6.45, 7) is 12.4. The van der Waals surface area contributed by atoms with Crippen molar-refractivity contribution in [1.29, 1.82) is 0 Å². The summed E-state index contributed by atoms with van der Waals surface area (Å²) in [7, 11) is 0. The van der Waals surface area contributed by atoms with Crippen LogP contribution in [0.25, 0.3) is 0 Å². The molecular weight excluding hydrogens is 640 g/mol. The fraction of sp³-hybridized carbons (Fsp3) is 0.932. The average Bonchev–Trinajstić information content (AvgIpc) is 3.10. The van der Waals surface area contributed by atoms with Gasteiger partial charge in [0.05, 0.1) is 25.0 Å². The molecule has 0 aliphatic rings. The maximum atomic E-state index is 13.5. The van der Waals surface area contributed by atoms with E-state index in [0.717, 1.165) is 154 Å². The Kier molecular flexibility index (Phi) is 30.8. The zero-order valence-electron chi connectivity index (χ0n) is 34.4. The molecule has 0 fully saturated rings. The van der Waals surface area contributed by atoms with Crippen LogP contribution < -0.4 is 0 Å². The van der Waals surface area contributed by atoms with Crippen LogP contribution in [0.15, 0.2) is 0 Å². The second kappa shape index (κ2) is 31.9. The summed E-state index contributed by atoms with van der Waals surface area (Å²) in [5.41, 5.74) is -1.15. The number of aliphatic carboxylic acids is 2. The lowest BCUT2D eigenvalue weighted by Crippen LogP contribution is -2.42. The lowest BCUT2D eigenvalue weighted by molar-refractivity contribution is -0.155. The second-order valence-electron chi connectivity index (χ2n) is 16.2. The minimum absolute atomic E-state index is 0.0723. The highest BCUT2D eigenvalue weighted by atomic mass is 16.5. The van der Waals surface area contributed by atoms with Crippen LogP contribution in [0, 0.1) is 35.0 Å². The first kappa shape index (κ1) is 49.4. The minimum atomic E-state index is -1.15. The van der Waals surface area contributed by atoms with Gasteiger partial charge in [-0.3, -0.25) is 14.4 Å². The minimum Gasteiger partial charge on any atom is -0.481 e. The number of carbonyl (C=O) groups excluding carboxylic acids is 1. The Bertz CT molecular complexity index is 784. The number of esters is 1. The Morgan fingerprint density at radius 2 is 0.824 bits per heavy atom. The van der Waals surface area contributed by atoms with E-state index in [0.29, 0.717) is 6.42 Å². The van der Waals surface area contributed by atoms with Gasteiger partial charge in [0.25, 0.3) is 0 Å². The molecule has 0 aliphatic heterocycles. The Balaban J connectivity index is 6.66. The van der Waals surface area contributed by atoms with E-state index in [-0.39, 0.29) is 43.2 Å². The van der Waals surface area contributed by atoms with Crippen molar-refractivity contribution in [3.05, 3.63) is 0 Å². The van der Waals surface area contributed by atoms with Crippen molar-refractivity contribution < 1.29 is 34.4 Å². The van der Waals surface area contributed by atoms with Crippen LogP contribution in [0.4, 0.5) is 0 Å². The summed E-state index contributed by atoms with van der Waals surface area (Å²) >= 11 is 0. The van der Waals surface area contributed by atoms with Crippen molar-refractivity contribution in [2.75, 3.05) is 13.2 Å². The van der Waals surface area contributed by atoms with E-state index in [1.54, 1.807) is 0 Å². The van der Waals surface area contributed by atoms with Gasteiger partial charge in [0, 0.05) is 11.8 Å². The highest BCUT2D eigenvalue weighted by Gasteiger charge is 2.44. The number of unbranched alkanes of at least 4 members (excludes halogenated alkanes) is 12. The van der Waals surface area contributed by atoms with Gasteiger partial charge in [-0.2, -0.15) is 0 Å². The number of rotatable bonds is 37. The maximum Gasteiger partial charge on any atom is 0.306 e. The standard InChI is InChI=1S/C44H84O7/c1-7-13-19-25-36(26-20-14-8-2)31-41(46)51-35-44(34-45,32-39(42(47)48)37(27-21-15-9-3)28-22-16-10-4)33-40(43(49)50)38(29-23-17-11-5)30-24-18-12-6/h36-40,45H,7-35H2,1-6H3,(H,47,48)(H,49,50). The first-order valence-corrected chi connectivity index (χ1v) is 21.8. The van der Waals surface area contributed by atoms with E-state index in [1.807, 2.05) is 0 Å². The number of hydrogen-bond acceptors (Lipinski definition) is 5. The molecule has 2 unspecified atom stereocenters. The molecule has 0 aromatic carbocycles. The van der Waals surface area contributed by atoms with Gasteiger partial charge in [-0.25, -0.2) is 0 Å². The molecule has 7 nitrogen and oxygen atoms in total. The molecule has 51 heavy (non-hydrogen) atoms. The Hall–Kier alpha value is -1.63. The second-order valence-corrected chi connectivity index (χ2v) is 16.2. The van der Waals surface area contributed by atoms with Crippen LogP contribution in [-0.2, 0) is 19.1 Å². The quantitative estimate of drug-likeness (QED) is 0.0431. The fourth-order valence-electron chi connectivity index (χ4n) is 8.18. The van der Waals surface area contributed by atoms with Crippen LogP contribution in [0.2, 0.25) is 0 Å². The fourth-order valence-corrected chi connectivity index (χ4v) is 8.18. The van der Waals surface area contributed by atoms with E-state index in [2.05, 4.69) is 41.5 Å². The molecular formula is C44H84O7. The normalized spacial score (nSPS) is 14.2. The Morgan fingerprint density at radius 3 is 1.10 bits per heavy atom. The summed E-state index contributed by atoms with van der Waals surface area (Å²) in [5.74, 6) is -3.48. The van der Waals surface area contributed by atoms with Gasteiger partial charge >= 0.3 is 17.9 Å². The molecule has 302 valence electrons. The zero-order valence-corrected chi connectivity index (χ0v) is 34.4. The predicted octanol–water partition coefficient (Wildman–Crippen LogP) is 12.4. The van der Waals surface area contributed by atoms with Crippen molar-refractivity contribution >= 4 is 17.9 Å². The zero-order chi connectivity index (χ0) is 38.3. The molecule has 0 bridgehead atoms. The van der Waals surface area contributed by atoms with Gasteiger partial charge in [-0.1, -0.05) is 157 Å². The monoisotopic (exact) mass is 725 g/mol. The SMILES string of the molecule is CCCCCC(CCCCC)CC(=O)OCC(CO)(CC(C(=O)O)C(CCCCC)CCCCC)CC(C(=O)O)C(CCCCC)CCCCC. The average molecular weight is 725 g/mol. The lowest BCUT2D eigenvalue weighted by atomic mass is 9.67. The van der Waals surface area contributed by atoms with Crippen molar-refractivity contribution in [1.82, 2.24) is 0 Å². The number of carboxylic acids is 2. The first-order valence-electron chi connectivity index (χ1n) is 21.8. The molecule has 0 saturated heterocycles. The largest absolute Gasteiger partial charge is 0.481 e. The van der Waals surface area contributed by atoms with Crippen LogP contribution in [-0.4, -0.2) is 46.4 Å². The summed E-state index contributed by atoms with van der Waals surface area (Å²) in [4.78, 5) is 39.8. The van der Waals surface area contributed by atoms with E-state index in [1.165, 1.54) is 0 Å². The van der Waals surface area contributed by atoms with Gasteiger partial charge in [-0.05, 0) is 69.1 Å². The summed E-state index contributed by atoms with van der Waals surface area (Å²) < 4.78 is 6.07. The molecule has 0 rings (SSSR count). The van der Waals surface area contributed by atoms with Gasteiger partial charge in [0.15, 0.2) is 0 Å². The molecule has 0 saturated carbocycles. The van der Waals surface area contributed by atoms with Crippen molar-refractivity contribution in [3.8, 4) is 0 Å². The summed E-state index contributed by atoms with van der Waals surface area (Å²) in [6.07, 6.45) is 24.5. The molecule has 0 amide bonds. The highest BCUT2D eigenvalue weighted by molar-refractivity contribution is 5.72. The Morgan fingerprint density at radius 1 is 0.510 bits per heavy atom. The van der Waals surface area contributed by atoms with Crippen molar-refractivity contribution in [3.63, 3.8) is 0 Å². The molecule has 0 spiro atoms. The predicted molar refractivity (Wildman–Crippen MR) is 212 cm³/mol. The van der Waals surface area contributed by atoms with Gasteiger partial charge in [-0.15, -0.1) is 0 Å². The van der Waals surface area contributed by atoms with E-state index >= 15 is 0 Å². The highest BCUT2D eigenvalue weighted by Crippen LogP contribution is 2.43. The lowest BCUT2D eigenvalue weighted by Gasteiger charge is -2.39. The van der Waals surface area contributed by atoms with Crippen LogP contribution >= 0.6 is 0 Å². The Labute approximate surface area is 314 Å². The molecule has 0 aromatic rings. The number of hydrogen-bond donors (Lipinski definition) is 3.